The Kier molecular flexibility index (Phi) is 4.36. The smallest absolute Gasteiger partial charge is 0.0536 e. The summed E-state index contributed by atoms with van der Waals surface area (Å²) in [4.78, 5) is 2.77. The van der Waals surface area contributed by atoms with Gasteiger partial charge >= 0.3 is 0 Å². The third-order valence-corrected chi connectivity index (χ3v) is 5.99. The van der Waals surface area contributed by atoms with Crippen LogP contribution in [0.1, 0.15) is 52.4 Å². The molecule has 1 N–H and O–H groups in total. The van der Waals surface area contributed by atoms with Crippen LogP contribution in [0.15, 0.2) is 18.5 Å². The first-order valence-corrected chi connectivity index (χ1v) is 8.69. The van der Waals surface area contributed by atoms with Crippen LogP contribution in [-0.4, -0.2) is 45.4 Å². The summed E-state index contributed by atoms with van der Waals surface area (Å²) >= 11 is 0. The fraction of sp³-hybridized carbons (Fsp3) is 0.824. The van der Waals surface area contributed by atoms with Crippen LogP contribution < -0.4 is 5.32 Å². The number of nitrogens with one attached hydrogen (secondary N) is 1. The fourth-order valence-electron chi connectivity index (χ4n) is 4.36. The molecule has 2 aliphatic rings. The molecule has 0 amide bonds. The molecule has 0 aromatic carbocycles. The highest BCUT2D eigenvalue weighted by molar-refractivity contribution is 5.06. The van der Waals surface area contributed by atoms with E-state index in [1.54, 1.807) is 0 Å². The van der Waals surface area contributed by atoms with Gasteiger partial charge in [-0.05, 0) is 31.7 Å². The summed E-state index contributed by atoms with van der Waals surface area (Å²) in [5.74, 6) is 0. The Labute approximate surface area is 128 Å². The minimum absolute atomic E-state index is 0.334. The van der Waals surface area contributed by atoms with E-state index in [-0.39, 0.29) is 0 Å². The molecule has 3 rings (SSSR count). The van der Waals surface area contributed by atoms with Crippen molar-refractivity contribution >= 4 is 0 Å². The second-order valence-corrected chi connectivity index (χ2v) is 6.96. The third-order valence-electron chi connectivity index (χ3n) is 5.99. The highest BCUT2D eigenvalue weighted by Crippen LogP contribution is 2.38. The summed E-state index contributed by atoms with van der Waals surface area (Å²) in [6, 6.07) is 2.02. The van der Waals surface area contributed by atoms with Gasteiger partial charge in [0.2, 0.25) is 0 Å². The van der Waals surface area contributed by atoms with E-state index in [9.17, 15) is 0 Å². The first-order valence-electron chi connectivity index (χ1n) is 8.69. The lowest BCUT2D eigenvalue weighted by Crippen LogP contribution is -2.69. The lowest BCUT2D eigenvalue weighted by atomic mass is 9.82. The molecule has 21 heavy (non-hydrogen) atoms. The number of hydrogen-bond acceptors (Lipinski definition) is 3. The highest BCUT2D eigenvalue weighted by atomic mass is 15.3. The number of piperazine rings is 1. The molecule has 2 heterocycles. The van der Waals surface area contributed by atoms with E-state index in [1.807, 2.05) is 12.3 Å². The molecule has 1 aromatic rings. The van der Waals surface area contributed by atoms with Gasteiger partial charge in [-0.1, -0.05) is 26.7 Å². The number of nitrogens with zero attached hydrogens (tertiary/aromatic N) is 3. The molecular formula is C17H30N4. The average molecular weight is 290 g/mol. The van der Waals surface area contributed by atoms with Crippen molar-refractivity contribution in [1.82, 2.24) is 20.0 Å². The summed E-state index contributed by atoms with van der Waals surface area (Å²) in [6.45, 7) is 9.18. The largest absolute Gasteiger partial charge is 0.308 e. The highest BCUT2D eigenvalue weighted by Gasteiger charge is 2.46. The summed E-state index contributed by atoms with van der Waals surface area (Å²) < 4.78 is 2.07. The molecule has 2 fully saturated rings. The lowest BCUT2D eigenvalue weighted by molar-refractivity contribution is -0.00290. The van der Waals surface area contributed by atoms with Crippen molar-refractivity contribution in [3.8, 4) is 0 Å². The molecule has 1 spiro atoms. The number of aromatic nitrogens is 2. The van der Waals surface area contributed by atoms with Gasteiger partial charge in [0, 0.05) is 43.1 Å². The zero-order chi connectivity index (χ0) is 14.8. The van der Waals surface area contributed by atoms with Gasteiger partial charge < -0.3 is 5.32 Å². The zero-order valence-electron chi connectivity index (χ0n) is 13.6. The van der Waals surface area contributed by atoms with Gasteiger partial charge in [0.05, 0.1) is 6.54 Å². The topological polar surface area (TPSA) is 33.1 Å². The maximum Gasteiger partial charge on any atom is 0.0536 e. The van der Waals surface area contributed by atoms with Gasteiger partial charge in [0.15, 0.2) is 0 Å². The normalized spacial score (nSPS) is 24.7. The molecule has 1 aromatic heterocycles. The van der Waals surface area contributed by atoms with Gasteiger partial charge in [-0.25, -0.2) is 0 Å². The molecule has 0 unspecified atom stereocenters. The maximum absolute atomic E-state index is 4.36. The van der Waals surface area contributed by atoms with E-state index < -0.39 is 0 Å². The van der Waals surface area contributed by atoms with Crippen LogP contribution in [0.3, 0.4) is 0 Å². The molecule has 0 radical (unpaired) electrons. The molecule has 1 saturated carbocycles. The van der Waals surface area contributed by atoms with Crippen LogP contribution in [0.25, 0.3) is 0 Å². The molecule has 1 saturated heterocycles. The first-order chi connectivity index (χ1) is 10.2. The van der Waals surface area contributed by atoms with E-state index in [0.29, 0.717) is 11.1 Å². The van der Waals surface area contributed by atoms with E-state index in [1.165, 1.54) is 45.1 Å². The van der Waals surface area contributed by atoms with Crippen molar-refractivity contribution in [3.63, 3.8) is 0 Å². The van der Waals surface area contributed by atoms with Crippen LogP contribution in [0.2, 0.25) is 0 Å². The summed E-state index contributed by atoms with van der Waals surface area (Å²) in [5.41, 5.74) is 0.735. The Morgan fingerprint density at radius 3 is 2.52 bits per heavy atom. The molecular weight excluding hydrogens is 260 g/mol. The number of rotatable bonds is 5. The minimum Gasteiger partial charge on any atom is -0.308 e. The fourth-order valence-corrected chi connectivity index (χ4v) is 4.36. The zero-order valence-corrected chi connectivity index (χ0v) is 13.6. The average Bonchev–Trinajstić information content (AvgIpc) is 3.18. The molecule has 0 atom stereocenters. The van der Waals surface area contributed by atoms with E-state index >= 15 is 0 Å². The summed E-state index contributed by atoms with van der Waals surface area (Å²) in [5, 5.41) is 8.31. The van der Waals surface area contributed by atoms with Crippen molar-refractivity contribution in [2.75, 3.05) is 19.6 Å². The second kappa shape index (κ2) is 6.09. The van der Waals surface area contributed by atoms with E-state index in [4.69, 9.17) is 0 Å². The van der Waals surface area contributed by atoms with Gasteiger partial charge in [-0.3, -0.25) is 9.58 Å². The Morgan fingerprint density at radius 2 is 1.90 bits per heavy atom. The lowest BCUT2D eigenvalue weighted by Gasteiger charge is -2.53. The standard InChI is InChI=1S/C17H30N4/c1-3-17(4-2)14-18-16(8-5-6-9-16)15-20(17)12-13-21-11-7-10-19-21/h7,10-11,18H,3-6,8-9,12-15H2,1-2H3. The molecule has 118 valence electrons. The van der Waals surface area contributed by atoms with Crippen LogP contribution >= 0.6 is 0 Å². The molecule has 4 nitrogen and oxygen atoms in total. The van der Waals surface area contributed by atoms with Gasteiger partial charge in [0.1, 0.15) is 0 Å². The van der Waals surface area contributed by atoms with Gasteiger partial charge in [0.25, 0.3) is 0 Å². The Balaban J connectivity index is 1.72. The molecule has 4 heteroatoms. The van der Waals surface area contributed by atoms with Crippen LogP contribution in [0.5, 0.6) is 0 Å². The summed E-state index contributed by atoms with van der Waals surface area (Å²) in [6.07, 6.45) is 11.9. The maximum atomic E-state index is 4.36. The molecule has 1 aliphatic carbocycles. The van der Waals surface area contributed by atoms with Crippen molar-refractivity contribution < 1.29 is 0 Å². The Bertz CT molecular complexity index is 430. The number of hydrogen-bond donors (Lipinski definition) is 1. The van der Waals surface area contributed by atoms with Crippen molar-refractivity contribution in [1.29, 1.82) is 0 Å². The molecule has 0 bridgehead atoms. The van der Waals surface area contributed by atoms with Crippen molar-refractivity contribution in [2.45, 2.75) is 70.0 Å². The SMILES string of the molecule is CCC1(CC)CNC2(CCCC2)CN1CCn1cccn1. The van der Waals surface area contributed by atoms with Crippen LogP contribution in [-0.2, 0) is 6.54 Å². The monoisotopic (exact) mass is 290 g/mol. The van der Waals surface area contributed by atoms with Crippen LogP contribution in [0, 0.1) is 0 Å². The quantitative estimate of drug-likeness (QED) is 0.905. The second-order valence-electron chi connectivity index (χ2n) is 6.96. The Morgan fingerprint density at radius 1 is 1.14 bits per heavy atom. The van der Waals surface area contributed by atoms with Crippen molar-refractivity contribution in [2.24, 2.45) is 0 Å². The van der Waals surface area contributed by atoms with Gasteiger partial charge in [-0.15, -0.1) is 0 Å². The van der Waals surface area contributed by atoms with E-state index in [0.717, 1.165) is 19.6 Å². The first kappa shape index (κ1) is 15.0. The van der Waals surface area contributed by atoms with E-state index in [2.05, 4.69) is 40.0 Å². The molecule has 1 aliphatic heterocycles. The predicted molar refractivity (Wildman–Crippen MR) is 86.3 cm³/mol. The van der Waals surface area contributed by atoms with Crippen LogP contribution in [0.4, 0.5) is 0 Å². The third kappa shape index (κ3) is 2.88. The van der Waals surface area contributed by atoms with Crippen molar-refractivity contribution in [3.05, 3.63) is 18.5 Å². The Hall–Kier alpha value is -0.870. The summed E-state index contributed by atoms with van der Waals surface area (Å²) in [7, 11) is 0. The minimum atomic E-state index is 0.334. The predicted octanol–water partition coefficient (Wildman–Crippen LogP) is 2.66. The van der Waals surface area contributed by atoms with Gasteiger partial charge in [-0.2, -0.15) is 5.10 Å².